The molecule has 0 amide bonds. The Balaban J connectivity index is 1.83. The minimum absolute atomic E-state index is 0.0649. The van der Waals surface area contributed by atoms with E-state index in [0.717, 1.165) is 23.2 Å². The fourth-order valence-corrected chi connectivity index (χ4v) is 5.27. The maximum atomic E-state index is 13.3. The number of hydrogen-bond acceptors (Lipinski definition) is 6. The van der Waals surface area contributed by atoms with Gasteiger partial charge >= 0.3 is 0 Å². The van der Waals surface area contributed by atoms with Crippen molar-refractivity contribution in [1.82, 2.24) is 23.8 Å². The molecule has 1 atom stereocenters. The van der Waals surface area contributed by atoms with Gasteiger partial charge in [0.25, 0.3) is 10.0 Å². The van der Waals surface area contributed by atoms with Gasteiger partial charge in [-0.3, -0.25) is 0 Å². The lowest BCUT2D eigenvalue weighted by atomic mass is 10.0. The zero-order valence-electron chi connectivity index (χ0n) is 16.7. The summed E-state index contributed by atoms with van der Waals surface area (Å²) in [4.78, 5) is 15.1. The summed E-state index contributed by atoms with van der Waals surface area (Å²) in [5.74, 6) is 0.557. The molecule has 1 aromatic carbocycles. The lowest BCUT2D eigenvalue weighted by Crippen LogP contribution is -2.32. The molecule has 1 aliphatic heterocycles. The molecule has 152 valence electrons. The number of rotatable bonds is 5. The first-order valence-corrected chi connectivity index (χ1v) is 10.9. The van der Waals surface area contributed by atoms with Crippen molar-refractivity contribution in [2.75, 3.05) is 25.5 Å². The third-order valence-corrected chi connectivity index (χ3v) is 6.86. The van der Waals surface area contributed by atoms with Crippen molar-refractivity contribution >= 4 is 16.0 Å². The summed E-state index contributed by atoms with van der Waals surface area (Å²) in [6.45, 7) is 0.444. The van der Waals surface area contributed by atoms with Gasteiger partial charge in [0.1, 0.15) is 0 Å². The fraction of sp³-hybridized carbons (Fsp3) is 0.350. The number of benzene rings is 1. The van der Waals surface area contributed by atoms with Gasteiger partial charge in [0.2, 0.25) is 5.95 Å². The highest BCUT2D eigenvalue weighted by Crippen LogP contribution is 2.39. The van der Waals surface area contributed by atoms with E-state index < -0.39 is 10.0 Å². The predicted octanol–water partition coefficient (Wildman–Crippen LogP) is 2.47. The summed E-state index contributed by atoms with van der Waals surface area (Å²) >= 11 is 0. The average molecular weight is 413 g/mol. The predicted molar refractivity (Wildman–Crippen MR) is 111 cm³/mol. The fourth-order valence-electron chi connectivity index (χ4n) is 3.64. The summed E-state index contributed by atoms with van der Waals surface area (Å²) < 4.78 is 29.8. The third-order valence-electron chi connectivity index (χ3n) is 5.06. The molecule has 3 aromatic rings. The molecule has 9 heteroatoms. The molecule has 2 aromatic heterocycles. The van der Waals surface area contributed by atoms with Crippen LogP contribution in [-0.4, -0.2) is 52.9 Å². The first-order chi connectivity index (χ1) is 13.9. The topological polar surface area (TPSA) is 84.2 Å². The Morgan fingerprint density at radius 3 is 2.55 bits per heavy atom. The molecule has 0 N–H and O–H groups in total. The second kappa shape index (κ2) is 7.57. The number of aryl methyl sites for hydroxylation is 1. The van der Waals surface area contributed by atoms with Crippen LogP contribution in [0.4, 0.5) is 5.95 Å². The summed E-state index contributed by atoms with van der Waals surface area (Å²) in [5, 5.41) is 0.0649. The van der Waals surface area contributed by atoms with E-state index in [9.17, 15) is 8.42 Å². The van der Waals surface area contributed by atoms with Crippen molar-refractivity contribution in [3.63, 3.8) is 0 Å². The van der Waals surface area contributed by atoms with Crippen LogP contribution in [0.15, 0.2) is 54.1 Å². The Labute approximate surface area is 170 Å². The highest BCUT2D eigenvalue weighted by Gasteiger charge is 2.39. The highest BCUT2D eigenvalue weighted by atomic mass is 32.2. The molecule has 1 saturated heterocycles. The van der Waals surface area contributed by atoms with E-state index in [1.807, 2.05) is 49.3 Å². The van der Waals surface area contributed by atoms with Crippen LogP contribution in [-0.2, 0) is 17.1 Å². The van der Waals surface area contributed by atoms with Crippen LogP contribution in [0.5, 0.6) is 0 Å². The Morgan fingerprint density at radius 2 is 1.90 bits per heavy atom. The number of nitrogens with zero attached hydrogens (tertiary/aromatic N) is 6. The molecular weight excluding hydrogens is 388 g/mol. The Kier molecular flexibility index (Phi) is 5.10. The van der Waals surface area contributed by atoms with Crippen LogP contribution < -0.4 is 4.90 Å². The lowest BCUT2D eigenvalue weighted by molar-refractivity contribution is 0.389. The molecule has 0 aliphatic carbocycles. The summed E-state index contributed by atoms with van der Waals surface area (Å²) in [5.41, 5.74) is 2.55. The van der Waals surface area contributed by atoms with E-state index in [1.165, 1.54) is 16.8 Å². The first-order valence-electron chi connectivity index (χ1n) is 9.47. The zero-order valence-corrected chi connectivity index (χ0v) is 17.5. The van der Waals surface area contributed by atoms with E-state index >= 15 is 0 Å². The highest BCUT2D eigenvalue weighted by molar-refractivity contribution is 7.89. The number of hydrogen-bond donors (Lipinski definition) is 0. The van der Waals surface area contributed by atoms with E-state index in [1.54, 1.807) is 17.8 Å². The molecule has 0 radical (unpaired) electrons. The average Bonchev–Trinajstić information content (AvgIpc) is 3.38. The van der Waals surface area contributed by atoms with Gasteiger partial charge in [-0.25, -0.2) is 23.4 Å². The van der Waals surface area contributed by atoms with Crippen LogP contribution in [0, 0.1) is 0 Å². The first kappa shape index (κ1) is 19.5. The molecule has 8 nitrogen and oxygen atoms in total. The largest absolute Gasteiger partial charge is 0.347 e. The van der Waals surface area contributed by atoms with Gasteiger partial charge in [0.15, 0.2) is 5.03 Å². The number of anilines is 1. The van der Waals surface area contributed by atoms with Gasteiger partial charge in [0, 0.05) is 45.6 Å². The molecular formula is C20H24N6O2S. The molecule has 0 spiro atoms. The maximum Gasteiger partial charge on any atom is 0.262 e. The molecule has 29 heavy (non-hydrogen) atoms. The SMILES string of the molecule is CN(C)c1ncc(-c2ccccc2)c([C@@H]2CCCN2S(=O)(=O)c2cn(C)cn2)n1. The zero-order chi connectivity index (χ0) is 20.6. The summed E-state index contributed by atoms with van der Waals surface area (Å²) in [7, 11) is 1.79. The van der Waals surface area contributed by atoms with Crippen LogP contribution >= 0.6 is 0 Å². The monoisotopic (exact) mass is 412 g/mol. The standard InChI is InChI=1S/C20H24N6O2S/c1-24(2)20-21-12-16(15-8-5-4-6-9-15)19(23-20)17-10-7-11-26(17)29(27,28)18-13-25(3)14-22-18/h4-6,8-9,12-14,17H,7,10-11H2,1-3H3/t17-/m0/s1. The number of sulfonamides is 1. The van der Waals surface area contributed by atoms with Crippen molar-refractivity contribution in [2.24, 2.45) is 7.05 Å². The third kappa shape index (κ3) is 3.63. The van der Waals surface area contributed by atoms with Gasteiger partial charge in [-0.15, -0.1) is 0 Å². The Hall–Kier alpha value is -2.78. The minimum atomic E-state index is -3.72. The maximum absolute atomic E-state index is 13.3. The molecule has 4 rings (SSSR count). The van der Waals surface area contributed by atoms with Crippen molar-refractivity contribution in [3.05, 3.63) is 54.7 Å². The van der Waals surface area contributed by atoms with Gasteiger partial charge < -0.3 is 9.47 Å². The molecule has 1 aliphatic rings. The van der Waals surface area contributed by atoms with E-state index in [0.29, 0.717) is 18.9 Å². The van der Waals surface area contributed by atoms with Crippen LogP contribution in [0.1, 0.15) is 24.6 Å². The summed E-state index contributed by atoms with van der Waals surface area (Å²) in [6, 6.07) is 9.48. The number of imidazole rings is 1. The van der Waals surface area contributed by atoms with E-state index in [2.05, 4.69) is 9.97 Å². The van der Waals surface area contributed by atoms with Gasteiger partial charge in [0.05, 0.1) is 18.1 Å². The van der Waals surface area contributed by atoms with Gasteiger partial charge in [-0.05, 0) is 18.4 Å². The molecule has 0 unspecified atom stereocenters. The van der Waals surface area contributed by atoms with E-state index in [4.69, 9.17) is 4.98 Å². The van der Waals surface area contributed by atoms with Gasteiger partial charge in [-0.1, -0.05) is 30.3 Å². The van der Waals surface area contributed by atoms with Crippen molar-refractivity contribution in [2.45, 2.75) is 23.9 Å². The Bertz CT molecular complexity index is 1110. The van der Waals surface area contributed by atoms with Gasteiger partial charge in [-0.2, -0.15) is 4.31 Å². The van der Waals surface area contributed by atoms with Crippen molar-refractivity contribution < 1.29 is 8.42 Å². The molecule has 0 bridgehead atoms. The second-order valence-electron chi connectivity index (χ2n) is 7.38. The summed E-state index contributed by atoms with van der Waals surface area (Å²) in [6.07, 6.45) is 6.30. The smallest absolute Gasteiger partial charge is 0.262 e. The van der Waals surface area contributed by atoms with E-state index in [-0.39, 0.29) is 11.1 Å². The van der Waals surface area contributed by atoms with Crippen LogP contribution in [0.3, 0.4) is 0 Å². The Morgan fingerprint density at radius 1 is 1.14 bits per heavy atom. The minimum Gasteiger partial charge on any atom is -0.347 e. The van der Waals surface area contributed by atoms with Crippen molar-refractivity contribution in [1.29, 1.82) is 0 Å². The lowest BCUT2D eigenvalue weighted by Gasteiger charge is -2.25. The second-order valence-corrected chi connectivity index (χ2v) is 9.22. The van der Waals surface area contributed by atoms with Crippen LogP contribution in [0.2, 0.25) is 0 Å². The van der Waals surface area contributed by atoms with Crippen molar-refractivity contribution in [3.8, 4) is 11.1 Å². The molecule has 1 fully saturated rings. The quantitative estimate of drug-likeness (QED) is 0.640. The molecule has 3 heterocycles. The van der Waals surface area contributed by atoms with Crippen LogP contribution in [0.25, 0.3) is 11.1 Å². The molecule has 0 saturated carbocycles. The normalized spacial score (nSPS) is 17.6. The number of aromatic nitrogens is 4.